The number of fused-ring (bicyclic) bond motifs is 1. The number of benzene rings is 2. The predicted octanol–water partition coefficient (Wildman–Crippen LogP) is 4.33. The molecule has 33 heavy (non-hydrogen) atoms. The molecule has 4 aromatic rings. The molecule has 1 N–H and O–H groups in total. The summed E-state index contributed by atoms with van der Waals surface area (Å²) in [5.74, 6) is 0.0289. The first kappa shape index (κ1) is 21.1. The van der Waals surface area contributed by atoms with E-state index in [0.717, 1.165) is 57.6 Å². The zero-order valence-corrected chi connectivity index (χ0v) is 19.3. The number of rotatable bonds is 5. The van der Waals surface area contributed by atoms with E-state index >= 15 is 0 Å². The quantitative estimate of drug-likeness (QED) is 0.500. The van der Waals surface area contributed by atoms with Crippen LogP contribution in [0, 0.1) is 27.7 Å². The number of aromatic nitrogens is 4. The summed E-state index contributed by atoms with van der Waals surface area (Å²) in [6, 6.07) is 11.9. The fourth-order valence-electron chi connectivity index (χ4n) is 4.53. The molecule has 0 saturated heterocycles. The van der Waals surface area contributed by atoms with Crippen molar-refractivity contribution in [1.82, 2.24) is 19.6 Å². The Morgan fingerprint density at radius 3 is 2.42 bits per heavy atom. The number of aryl methyl sites for hydroxylation is 4. The molecule has 0 unspecified atom stereocenters. The van der Waals surface area contributed by atoms with Gasteiger partial charge in [-0.2, -0.15) is 10.2 Å². The molecule has 7 nitrogen and oxygen atoms in total. The van der Waals surface area contributed by atoms with Crippen LogP contribution in [0.4, 0.5) is 5.69 Å². The van der Waals surface area contributed by atoms with Crippen molar-refractivity contribution in [2.24, 2.45) is 0 Å². The molecule has 1 saturated carbocycles. The number of anilines is 1. The number of amides is 1. The summed E-state index contributed by atoms with van der Waals surface area (Å²) < 4.78 is 2.98. The Hall–Kier alpha value is -3.74. The van der Waals surface area contributed by atoms with Gasteiger partial charge < -0.3 is 5.32 Å². The van der Waals surface area contributed by atoms with Crippen molar-refractivity contribution in [1.29, 1.82) is 0 Å². The summed E-state index contributed by atoms with van der Waals surface area (Å²) in [7, 11) is 0. The van der Waals surface area contributed by atoms with E-state index in [1.165, 1.54) is 4.68 Å². The van der Waals surface area contributed by atoms with Crippen LogP contribution >= 0.6 is 0 Å². The van der Waals surface area contributed by atoms with E-state index in [-0.39, 0.29) is 18.0 Å². The minimum absolute atomic E-state index is 0.153. The van der Waals surface area contributed by atoms with Gasteiger partial charge >= 0.3 is 0 Å². The lowest BCUT2D eigenvalue weighted by atomic mass is 10.1. The molecule has 1 amide bonds. The van der Waals surface area contributed by atoms with E-state index in [2.05, 4.69) is 15.5 Å². The molecule has 0 radical (unpaired) electrons. The SMILES string of the molecule is Cc1cc(C)c(NC(=O)Cn2nc(C3CC3)c3cnn(-c4ccccc4C)c3c2=O)c(C)c1. The Morgan fingerprint density at radius 1 is 1.06 bits per heavy atom. The molecular formula is C26H27N5O2. The van der Waals surface area contributed by atoms with Gasteiger partial charge in [0, 0.05) is 17.0 Å². The first-order chi connectivity index (χ1) is 15.8. The highest BCUT2D eigenvalue weighted by molar-refractivity contribution is 5.92. The normalized spacial score (nSPS) is 13.5. The monoisotopic (exact) mass is 441 g/mol. The van der Waals surface area contributed by atoms with Crippen molar-refractivity contribution < 1.29 is 4.79 Å². The van der Waals surface area contributed by atoms with Gasteiger partial charge in [0.2, 0.25) is 5.91 Å². The van der Waals surface area contributed by atoms with Crippen LogP contribution in [0.3, 0.4) is 0 Å². The van der Waals surface area contributed by atoms with Crippen LogP contribution in [0.1, 0.15) is 46.7 Å². The molecule has 1 aliphatic carbocycles. The predicted molar refractivity (Wildman–Crippen MR) is 129 cm³/mol. The van der Waals surface area contributed by atoms with Crippen LogP contribution in [0.2, 0.25) is 0 Å². The molecule has 2 aromatic carbocycles. The van der Waals surface area contributed by atoms with Crippen LogP contribution in [-0.2, 0) is 11.3 Å². The van der Waals surface area contributed by atoms with Gasteiger partial charge in [-0.05, 0) is 63.3 Å². The standard InChI is InChI=1S/C26H27N5O2/c1-15-11-17(3)23(18(4)12-15)28-22(32)14-30-26(33)25-20(24(29-30)19-9-10-19)13-27-31(25)21-8-6-5-7-16(21)2/h5-8,11-13,19H,9-10,14H2,1-4H3,(H,28,32). The first-order valence-corrected chi connectivity index (χ1v) is 11.3. The van der Waals surface area contributed by atoms with Crippen molar-refractivity contribution in [3.05, 3.63) is 80.9 Å². The molecule has 5 rings (SSSR count). The Labute approximate surface area is 192 Å². The van der Waals surface area contributed by atoms with Gasteiger partial charge in [0.05, 0.1) is 17.6 Å². The molecule has 0 bridgehead atoms. The second-order valence-corrected chi connectivity index (χ2v) is 9.05. The number of nitrogens with one attached hydrogen (secondary N) is 1. The zero-order valence-electron chi connectivity index (χ0n) is 19.3. The minimum Gasteiger partial charge on any atom is -0.324 e. The van der Waals surface area contributed by atoms with Crippen LogP contribution in [0.5, 0.6) is 0 Å². The van der Waals surface area contributed by atoms with Crippen molar-refractivity contribution in [3.63, 3.8) is 0 Å². The maximum atomic E-state index is 13.5. The highest BCUT2D eigenvalue weighted by Crippen LogP contribution is 2.41. The van der Waals surface area contributed by atoms with Crippen LogP contribution in [0.15, 0.2) is 47.4 Å². The molecule has 2 heterocycles. The molecule has 1 aliphatic rings. The third-order valence-electron chi connectivity index (χ3n) is 6.25. The summed E-state index contributed by atoms with van der Waals surface area (Å²) >= 11 is 0. The van der Waals surface area contributed by atoms with E-state index in [1.54, 1.807) is 10.9 Å². The van der Waals surface area contributed by atoms with Gasteiger partial charge in [-0.1, -0.05) is 35.9 Å². The van der Waals surface area contributed by atoms with E-state index in [1.807, 2.05) is 64.1 Å². The maximum Gasteiger partial charge on any atom is 0.293 e. The Kier molecular flexibility index (Phi) is 5.12. The van der Waals surface area contributed by atoms with Crippen molar-refractivity contribution in [2.45, 2.75) is 53.0 Å². The first-order valence-electron chi connectivity index (χ1n) is 11.3. The topological polar surface area (TPSA) is 81.8 Å². The van der Waals surface area contributed by atoms with Gasteiger partial charge in [-0.25, -0.2) is 9.36 Å². The summed E-state index contributed by atoms with van der Waals surface area (Å²) in [5.41, 5.74) is 6.78. The van der Waals surface area contributed by atoms with Crippen molar-refractivity contribution in [3.8, 4) is 5.69 Å². The lowest BCUT2D eigenvalue weighted by molar-refractivity contribution is -0.117. The summed E-state index contributed by atoms with van der Waals surface area (Å²) in [5, 5.41) is 12.9. The molecule has 168 valence electrons. The Bertz CT molecular complexity index is 1440. The highest BCUT2D eigenvalue weighted by atomic mass is 16.2. The summed E-state index contributed by atoms with van der Waals surface area (Å²) in [6.07, 6.45) is 3.79. The van der Waals surface area contributed by atoms with Crippen LogP contribution in [-0.4, -0.2) is 25.5 Å². The second-order valence-electron chi connectivity index (χ2n) is 9.05. The van der Waals surface area contributed by atoms with Gasteiger partial charge in [0.1, 0.15) is 12.1 Å². The second kappa shape index (κ2) is 7.99. The molecular weight excluding hydrogens is 414 g/mol. The molecule has 0 spiro atoms. The number of carbonyl (C=O) groups is 1. The third kappa shape index (κ3) is 3.84. The lowest BCUT2D eigenvalue weighted by Gasteiger charge is -2.14. The number of para-hydroxylation sites is 1. The maximum absolute atomic E-state index is 13.5. The Morgan fingerprint density at radius 2 is 1.76 bits per heavy atom. The molecule has 1 fully saturated rings. The van der Waals surface area contributed by atoms with E-state index in [9.17, 15) is 9.59 Å². The largest absolute Gasteiger partial charge is 0.324 e. The van der Waals surface area contributed by atoms with Crippen molar-refractivity contribution in [2.75, 3.05) is 5.32 Å². The summed E-state index contributed by atoms with van der Waals surface area (Å²) in [4.78, 5) is 26.5. The number of nitrogens with zero attached hydrogens (tertiary/aromatic N) is 4. The van der Waals surface area contributed by atoms with Crippen LogP contribution < -0.4 is 10.9 Å². The number of hydrogen-bond donors (Lipinski definition) is 1. The molecule has 0 aliphatic heterocycles. The van der Waals surface area contributed by atoms with Gasteiger partial charge in [0.25, 0.3) is 5.56 Å². The average Bonchev–Trinajstić information content (AvgIpc) is 3.51. The van der Waals surface area contributed by atoms with Crippen LogP contribution in [0.25, 0.3) is 16.6 Å². The number of hydrogen-bond acceptors (Lipinski definition) is 4. The van der Waals surface area contributed by atoms with E-state index in [0.29, 0.717) is 11.4 Å². The number of carbonyl (C=O) groups excluding carboxylic acids is 1. The Balaban J connectivity index is 1.57. The van der Waals surface area contributed by atoms with E-state index in [4.69, 9.17) is 0 Å². The van der Waals surface area contributed by atoms with Gasteiger partial charge in [-0.15, -0.1) is 0 Å². The smallest absolute Gasteiger partial charge is 0.293 e. The molecule has 0 atom stereocenters. The fourth-order valence-corrected chi connectivity index (χ4v) is 4.53. The molecule has 7 heteroatoms. The zero-order chi connectivity index (χ0) is 23.3. The van der Waals surface area contributed by atoms with E-state index < -0.39 is 0 Å². The molecule has 2 aromatic heterocycles. The average molecular weight is 442 g/mol. The highest BCUT2D eigenvalue weighted by Gasteiger charge is 2.30. The lowest BCUT2D eigenvalue weighted by Crippen LogP contribution is -2.31. The fraction of sp³-hybridized carbons (Fsp3) is 0.308. The third-order valence-corrected chi connectivity index (χ3v) is 6.25. The minimum atomic E-state index is -0.317. The van der Waals surface area contributed by atoms with Gasteiger partial charge in [-0.3, -0.25) is 9.59 Å². The van der Waals surface area contributed by atoms with Crippen molar-refractivity contribution >= 4 is 22.5 Å². The summed E-state index contributed by atoms with van der Waals surface area (Å²) in [6.45, 7) is 7.81. The van der Waals surface area contributed by atoms with Gasteiger partial charge in [0.15, 0.2) is 0 Å².